The molecular formula is C12H14F2N2O. The normalized spacial score (nSPS) is 16.4. The molecule has 17 heavy (non-hydrogen) atoms. The maximum Gasteiger partial charge on any atom is 0.387 e. The van der Waals surface area contributed by atoms with Gasteiger partial charge in [0.15, 0.2) is 0 Å². The Bertz CT molecular complexity index is 382. The Morgan fingerprint density at radius 2 is 2.00 bits per heavy atom. The van der Waals surface area contributed by atoms with E-state index in [2.05, 4.69) is 21.2 Å². The summed E-state index contributed by atoms with van der Waals surface area (Å²) in [6.45, 7) is 2.89. The van der Waals surface area contributed by atoms with Crippen molar-refractivity contribution >= 4 is 5.82 Å². The second-order valence-corrected chi connectivity index (χ2v) is 3.97. The molecule has 0 aliphatic carbocycles. The van der Waals surface area contributed by atoms with Crippen LogP contribution in [0.25, 0.3) is 0 Å². The molecule has 1 fully saturated rings. The molecule has 1 aliphatic heterocycles. The lowest BCUT2D eigenvalue weighted by Gasteiger charge is -2.28. The average Bonchev–Trinajstić information content (AvgIpc) is 2.30. The second kappa shape index (κ2) is 5.12. The molecular weight excluding hydrogens is 226 g/mol. The van der Waals surface area contributed by atoms with Gasteiger partial charge in [-0.15, -0.1) is 0 Å². The van der Waals surface area contributed by atoms with Gasteiger partial charge in [0.1, 0.15) is 11.6 Å². The van der Waals surface area contributed by atoms with E-state index in [1.807, 2.05) is 0 Å². The summed E-state index contributed by atoms with van der Waals surface area (Å²) in [4.78, 5) is 6.23. The molecule has 1 aromatic heterocycles. The lowest BCUT2D eigenvalue weighted by atomic mass is 10.1. The smallest absolute Gasteiger partial charge is 0.387 e. The molecule has 1 saturated heterocycles. The highest BCUT2D eigenvalue weighted by Gasteiger charge is 2.14. The summed E-state index contributed by atoms with van der Waals surface area (Å²) in [6.07, 6.45) is 3.23. The Morgan fingerprint density at radius 3 is 2.53 bits per heavy atom. The van der Waals surface area contributed by atoms with Crippen LogP contribution in [0.15, 0.2) is 30.5 Å². The molecule has 0 N–H and O–H groups in total. The fraction of sp³-hybridized carbons (Fsp3) is 0.417. The number of hydrogen-bond donors (Lipinski definition) is 0. The lowest BCUT2D eigenvalue weighted by molar-refractivity contribution is -0.0500. The van der Waals surface area contributed by atoms with Crippen LogP contribution in [0.5, 0.6) is 5.75 Å². The zero-order valence-electron chi connectivity index (χ0n) is 9.40. The van der Waals surface area contributed by atoms with Crippen LogP contribution in [0, 0.1) is 0 Å². The van der Waals surface area contributed by atoms with Gasteiger partial charge in [0.25, 0.3) is 0 Å². The van der Waals surface area contributed by atoms with E-state index in [-0.39, 0.29) is 5.75 Å². The van der Waals surface area contributed by atoms with Crippen molar-refractivity contribution in [3.63, 3.8) is 0 Å². The third kappa shape index (κ3) is 3.15. The van der Waals surface area contributed by atoms with Crippen molar-refractivity contribution in [2.24, 2.45) is 0 Å². The zero-order chi connectivity index (χ0) is 12.3. The van der Waals surface area contributed by atoms with Crippen molar-refractivity contribution in [1.29, 1.82) is 0 Å². The molecule has 0 bridgehead atoms. The molecule has 0 amide bonds. The Balaban J connectivity index is 2.00. The fourth-order valence-electron chi connectivity index (χ4n) is 1.78. The summed E-state index contributed by atoms with van der Waals surface area (Å²) in [7, 11) is 0. The highest BCUT2D eigenvalue weighted by molar-refractivity contribution is 5.42. The van der Waals surface area contributed by atoms with Crippen molar-refractivity contribution in [2.75, 3.05) is 18.0 Å². The average molecular weight is 240 g/mol. The number of nitrogens with zero attached hydrogens (tertiary/aromatic N) is 2. The van der Waals surface area contributed by atoms with Crippen molar-refractivity contribution in [3.05, 3.63) is 30.5 Å². The van der Waals surface area contributed by atoms with Gasteiger partial charge in [0.2, 0.25) is 0 Å². The van der Waals surface area contributed by atoms with Gasteiger partial charge in [-0.1, -0.05) is 12.2 Å². The number of aromatic nitrogens is 1. The lowest BCUT2D eigenvalue weighted by Crippen LogP contribution is -2.30. The van der Waals surface area contributed by atoms with E-state index in [4.69, 9.17) is 0 Å². The predicted octanol–water partition coefficient (Wildman–Crippen LogP) is 2.84. The van der Waals surface area contributed by atoms with E-state index < -0.39 is 6.61 Å². The molecule has 5 heteroatoms. The maximum absolute atomic E-state index is 11.9. The summed E-state index contributed by atoms with van der Waals surface area (Å²) in [5.41, 5.74) is 1.25. The van der Waals surface area contributed by atoms with E-state index in [0.29, 0.717) is 0 Å². The van der Waals surface area contributed by atoms with Crippen molar-refractivity contribution in [1.82, 2.24) is 4.98 Å². The molecule has 0 atom stereocenters. The van der Waals surface area contributed by atoms with Gasteiger partial charge < -0.3 is 9.64 Å². The molecule has 1 aliphatic rings. The minimum atomic E-state index is -2.80. The number of piperidine rings is 1. The van der Waals surface area contributed by atoms with E-state index >= 15 is 0 Å². The summed E-state index contributed by atoms with van der Waals surface area (Å²) in [6, 6.07) is 3.21. The first kappa shape index (κ1) is 11.8. The Labute approximate surface area is 98.7 Å². The predicted molar refractivity (Wildman–Crippen MR) is 61.5 cm³/mol. The van der Waals surface area contributed by atoms with Crippen LogP contribution in [-0.2, 0) is 0 Å². The van der Waals surface area contributed by atoms with E-state index in [0.717, 1.165) is 31.7 Å². The Morgan fingerprint density at radius 1 is 1.29 bits per heavy atom. The van der Waals surface area contributed by atoms with E-state index in [9.17, 15) is 8.78 Å². The maximum atomic E-state index is 11.9. The standard InChI is InChI=1S/C12H14F2N2O/c1-9-4-6-16(7-5-9)11-3-2-10(8-15-11)17-12(13)14/h2-3,8,12H,1,4-7H2. The first-order valence-corrected chi connectivity index (χ1v) is 5.47. The minimum absolute atomic E-state index is 0.0881. The molecule has 0 aromatic carbocycles. The van der Waals surface area contributed by atoms with Crippen LogP contribution in [0.2, 0.25) is 0 Å². The van der Waals surface area contributed by atoms with Gasteiger partial charge in [-0.2, -0.15) is 8.78 Å². The number of anilines is 1. The molecule has 0 saturated carbocycles. The molecule has 0 unspecified atom stereocenters. The van der Waals surface area contributed by atoms with Crippen molar-refractivity contribution in [3.8, 4) is 5.75 Å². The second-order valence-electron chi connectivity index (χ2n) is 3.97. The van der Waals surface area contributed by atoms with Crippen LogP contribution in [0.4, 0.5) is 14.6 Å². The summed E-state index contributed by atoms with van der Waals surface area (Å²) in [5, 5.41) is 0. The number of pyridine rings is 1. The molecule has 0 spiro atoms. The monoisotopic (exact) mass is 240 g/mol. The number of hydrogen-bond acceptors (Lipinski definition) is 3. The van der Waals surface area contributed by atoms with Crippen LogP contribution in [-0.4, -0.2) is 24.7 Å². The van der Waals surface area contributed by atoms with Crippen LogP contribution < -0.4 is 9.64 Å². The summed E-state index contributed by atoms with van der Waals surface area (Å²) < 4.78 is 28.1. The number of rotatable bonds is 3. The van der Waals surface area contributed by atoms with Gasteiger partial charge in [-0.25, -0.2) is 4.98 Å². The van der Waals surface area contributed by atoms with E-state index in [1.165, 1.54) is 17.8 Å². The van der Waals surface area contributed by atoms with Gasteiger partial charge >= 0.3 is 6.61 Å². The fourth-order valence-corrected chi connectivity index (χ4v) is 1.78. The SMILES string of the molecule is C=C1CCN(c2ccc(OC(F)F)cn2)CC1. The number of alkyl halides is 2. The van der Waals surface area contributed by atoms with Crippen molar-refractivity contribution < 1.29 is 13.5 Å². The molecule has 0 radical (unpaired) electrons. The highest BCUT2D eigenvalue weighted by atomic mass is 19.3. The molecule has 2 rings (SSSR count). The van der Waals surface area contributed by atoms with Crippen LogP contribution >= 0.6 is 0 Å². The Kier molecular flexibility index (Phi) is 3.56. The third-order valence-corrected chi connectivity index (χ3v) is 2.74. The van der Waals surface area contributed by atoms with E-state index in [1.54, 1.807) is 6.07 Å². The van der Waals surface area contributed by atoms with Gasteiger partial charge in [0, 0.05) is 13.1 Å². The minimum Gasteiger partial charge on any atom is -0.433 e. The van der Waals surface area contributed by atoms with Crippen LogP contribution in [0.1, 0.15) is 12.8 Å². The topological polar surface area (TPSA) is 25.4 Å². The zero-order valence-corrected chi connectivity index (χ0v) is 9.40. The first-order chi connectivity index (χ1) is 8.15. The van der Waals surface area contributed by atoms with Crippen molar-refractivity contribution in [2.45, 2.75) is 19.5 Å². The molecule has 3 nitrogen and oxygen atoms in total. The van der Waals surface area contributed by atoms with Gasteiger partial charge in [-0.05, 0) is 25.0 Å². The quantitative estimate of drug-likeness (QED) is 0.760. The van der Waals surface area contributed by atoms with Crippen LogP contribution in [0.3, 0.4) is 0 Å². The van der Waals surface area contributed by atoms with Gasteiger partial charge in [-0.3, -0.25) is 0 Å². The van der Waals surface area contributed by atoms with Gasteiger partial charge in [0.05, 0.1) is 6.20 Å². The largest absolute Gasteiger partial charge is 0.433 e. The summed E-state index contributed by atoms with van der Waals surface area (Å²) >= 11 is 0. The Hall–Kier alpha value is -1.65. The molecule has 2 heterocycles. The summed E-state index contributed by atoms with van der Waals surface area (Å²) in [5.74, 6) is 0.879. The number of halogens is 2. The highest BCUT2D eigenvalue weighted by Crippen LogP contribution is 2.22. The third-order valence-electron chi connectivity index (χ3n) is 2.74. The first-order valence-electron chi connectivity index (χ1n) is 5.47. The number of ether oxygens (including phenoxy) is 1. The molecule has 92 valence electrons. The molecule has 1 aromatic rings.